The molecule has 1 aliphatic heterocycles. The molecule has 1 aliphatic rings. The van der Waals surface area contributed by atoms with Crippen molar-refractivity contribution in [3.8, 4) is 0 Å². The van der Waals surface area contributed by atoms with Crippen LogP contribution in [-0.2, 0) is 4.79 Å². The molecule has 0 aromatic carbocycles. The van der Waals surface area contributed by atoms with Gasteiger partial charge in [0.05, 0.1) is 0 Å². The van der Waals surface area contributed by atoms with Gasteiger partial charge in [-0.3, -0.25) is 4.79 Å². The summed E-state index contributed by atoms with van der Waals surface area (Å²) in [5.41, 5.74) is 0. The van der Waals surface area contributed by atoms with E-state index in [1.807, 2.05) is 0 Å². The summed E-state index contributed by atoms with van der Waals surface area (Å²) in [5, 5.41) is 11.0. The molecule has 0 spiro atoms. The van der Waals surface area contributed by atoms with Crippen LogP contribution in [0.2, 0.25) is 0 Å². The molecule has 3 nitrogen and oxygen atoms in total. The lowest BCUT2D eigenvalue weighted by molar-refractivity contribution is -0.117. The van der Waals surface area contributed by atoms with Gasteiger partial charge in [0.15, 0.2) is 6.23 Å². The van der Waals surface area contributed by atoms with Gasteiger partial charge >= 0.3 is 0 Å². The highest BCUT2D eigenvalue weighted by atomic mass is 79.9. The quantitative estimate of drug-likeness (QED) is 0.535. The fourth-order valence-electron chi connectivity index (χ4n) is 0.450. The maximum Gasteiger partial charge on any atom is 0.247 e. The van der Waals surface area contributed by atoms with E-state index in [2.05, 4.69) is 21.2 Å². The number of carbonyl (C=O) groups is 1. The summed E-state index contributed by atoms with van der Waals surface area (Å²) in [6.07, 6.45) is 0.465. The zero-order valence-corrected chi connectivity index (χ0v) is 5.47. The third-order valence-corrected chi connectivity index (χ3v) is 1.47. The van der Waals surface area contributed by atoms with E-state index < -0.39 is 6.23 Å². The van der Waals surface area contributed by atoms with Crippen LogP contribution in [0.3, 0.4) is 0 Å². The fraction of sp³-hybridized carbons (Fsp3) is 0.250. The Bertz CT molecular complexity index is 154. The second-order valence-electron chi connectivity index (χ2n) is 1.44. The minimum absolute atomic E-state index is 0.260. The summed E-state index contributed by atoms with van der Waals surface area (Å²) in [4.78, 5) is 10.3. The van der Waals surface area contributed by atoms with E-state index in [1.54, 1.807) is 0 Å². The summed E-state index contributed by atoms with van der Waals surface area (Å²) in [7, 11) is 0. The molecule has 0 saturated carbocycles. The first-order valence-electron chi connectivity index (χ1n) is 2.06. The van der Waals surface area contributed by atoms with Gasteiger partial charge in [-0.05, 0) is 0 Å². The standard InChI is InChI=1S/C4H4BrNO2/c5-2-1-3(7)6-4(2)8/h1,4,8H,(H,6,7). The van der Waals surface area contributed by atoms with E-state index in [0.29, 0.717) is 4.48 Å². The van der Waals surface area contributed by atoms with E-state index in [-0.39, 0.29) is 5.91 Å². The van der Waals surface area contributed by atoms with Crippen LogP contribution in [0, 0.1) is 0 Å². The third-order valence-electron chi connectivity index (χ3n) is 0.809. The Hall–Kier alpha value is -0.350. The number of aliphatic hydroxyl groups is 1. The summed E-state index contributed by atoms with van der Waals surface area (Å²) in [6.45, 7) is 0. The molecule has 0 radical (unpaired) electrons. The number of hydrogen-bond donors (Lipinski definition) is 2. The van der Waals surface area contributed by atoms with Crippen LogP contribution >= 0.6 is 15.9 Å². The number of rotatable bonds is 0. The van der Waals surface area contributed by atoms with Crippen LogP contribution in [0.4, 0.5) is 0 Å². The number of halogens is 1. The van der Waals surface area contributed by atoms with Crippen molar-refractivity contribution in [2.45, 2.75) is 6.23 Å². The SMILES string of the molecule is O=C1C=C(Br)C(O)N1. The zero-order valence-electron chi connectivity index (χ0n) is 3.89. The Morgan fingerprint density at radius 2 is 2.50 bits per heavy atom. The zero-order chi connectivity index (χ0) is 6.15. The smallest absolute Gasteiger partial charge is 0.247 e. The van der Waals surface area contributed by atoms with Crippen molar-refractivity contribution in [3.05, 3.63) is 10.6 Å². The molecule has 8 heavy (non-hydrogen) atoms. The summed E-state index contributed by atoms with van der Waals surface area (Å²) < 4.78 is 0.488. The number of hydrogen-bond acceptors (Lipinski definition) is 2. The van der Waals surface area contributed by atoms with Crippen molar-refractivity contribution >= 4 is 21.8 Å². The van der Waals surface area contributed by atoms with Gasteiger partial charge in [0.25, 0.3) is 0 Å². The molecule has 1 atom stereocenters. The molecule has 0 bridgehead atoms. The molecule has 0 saturated heterocycles. The van der Waals surface area contributed by atoms with E-state index in [0.717, 1.165) is 0 Å². The van der Waals surface area contributed by atoms with Crippen molar-refractivity contribution in [2.75, 3.05) is 0 Å². The molecule has 0 aliphatic carbocycles. The summed E-state index contributed by atoms with van der Waals surface area (Å²) in [6, 6.07) is 0. The van der Waals surface area contributed by atoms with Crippen LogP contribution in [0.25, 0.3) is 0 Å². The van der Waals surface area contributed by atoms with E-state index in [9.17, 15) is 4.79 Å². The van der Waals surface area contributed by atoms with Gasteiger partial charge < -0.3 is 10.4 Å². The van der Waals surface area contributed by atoms with Crippen LogP contribution in [0.15, 0.2) is 10.6 Å². The Morgan fingerprint density at radius 3 is 2.62 bits per heavy atom. The van der Waals surface area contributed by atoms with Gasteiger partial charge in [0.1, 0.15) is 0 Å². The topological polar surface area (TPSA) is 49.3 Å². The predicted molar refractivity (Wildman–Crippen MR) is 31.2 cm³/mol. The number of amides is 1. The second kappa shape index (κ2) is 1.87. The highest BCUT2D eigenvalue weighted by molar-refractivity contribution is 9.11. The van der Waals surface area contributed by atoms with Gasteiger partial charge in [0, 0.05) is 10.6 Å². The predicted octanol–water partition coefficient (Wildman–Crippen LogP) is -0.287. The van der Waals surface area contributed by atoms with Crippen molar-refractivity contribution in [3.63, 3.8) is 0 Å². The fourth-order valence-corrected chi connectivity index (χ4v) is 0.772. The molecule has 0 fully saturated rings. The van der Waals surface area contributed by atoms with Crippen molar-refractivity contribution in [2.24, 2.45) is 0 Å². The van der Waals surface area contributed by atoms with Crippen LogP contribution < -0.4 is 5.32 Å². The first-order chi connectivity index (χ1) is 3.70. The van der Waals surface area contributed by atoms with Gasteiger partial charge in [-0.2, -0.15) is 0 Å². The van der Waals surface area contributed by atoms with Gasteiger partial charge in [0.2, 0.25) is 5.91 Å². The molecule has 4 heteroatoms. The van der Waals surface area contributed by atoms with E-state index >= 15 is 0 Å². The number of carbonyl (C=O) groups excluding carboxylic acids is 1. The normalized spacial score (nSPS) is 27.5. The van der Waals surface area contributed by atoms with Crippen molar-refractivity contribution in [1.82, 2.24) is 5.32 Å². The summed E-state index contributed by atoms with van der Waals surface area (Å²) >= 11 is 2.97. The van der Waals surface area contributed by atoms with Crippen LogP contribution in [-0.4, -0.2) is 17.2 Å². The lowest BCUT2D eigenvalue weighted by Crippen LogP contribution is -2.26. The Kier molecular flexibility index (Phi) is 1.35. The van der Waals surface area contributed by atoms with Crippen LogP contribution in [0.5, 0.6) is 0 Å². The molecule has 44 valence electrons. The van der Waals surface area contributed by atoms with E-state index in [4.69, 9.17) is 5.11 Å². The largest absolute Gasteiger partial charge is 0.369 e. The molecule has 1 rings (SSSR count). The van der Waals surface area contributed by atoms with Crippen molar-refractivity contribution < 1.29 is 9.90 Å². The molecule has 0 aromatic rings. The number of aliphatic hydroxyl groups excluding tert-OH is 1. The molecular formula is C4H4BrNO2. The molecule has 0 aromatic heterocycles. The Morgan fingerprint density at radius 1 is 1.88 bits per heavy atom. The average molecular weight is 178 g/mol. The van der Waals surface area contributed by atoms with Gasteiger partial charge in [-0.1, -0.05) is 15.9 Å². The minimum Gasteiger partial charge on any atom is -0.369 e. The molecule has 2 N–H and O–H groups in total. The monoisotopic (exact) mass is 177 g/mol. The number of nitrogens with one attached hydrogen (secondary N) is 1. The molecular weight excluding hydrogens is 174 g/mol. The lowest BCUT2D eigenvalue weighted by Gasteiger charge is -1.99. The van der Waals surface area contributed by atoms with Crippen molar-refractivity contribution in [1.29, 1.82) is 0 Å². The second-order valence-corrected chi connectivity index (χ2v) is 2.36. The third kappa shape index (κ3) is 0.900. The Balaban J connectivity index is 2.73. The highest BCUT2D eigenvalue weighted by Crippen LogP contribution is 2.12. The van der Waals surface area contributed by atoms with Gasteiger partial charge in [-0.15, -0.1) is 0 Å². The Labute approximate surface area is 54.5 Å². The minimum atomic E-state index is -0.831. The average Bonchev–Trinajstić information content (AvgIpc) is 1.85. The summed E-state index contributed by atoms with van der Waals surface area (Å²) in [5.74, 6) is -0.260. The lowest BCUT2D eigenvalue weighted by atomic mass is 10.5. The van der Waals surface area contributed by atoms with E-state index in [1.165, 1.54) is 6.08 Å². The maximum absolute atomic E-state index is 10.3. The first kappa shape index (κ1) is 5.78. The van der Waals surface area contributed by atoms with Crippen LogP contribution in [0.1, 0.15) is 0 Å². The highest BCUT2D eigenvalue weighted by Gasteiger charge is 2.17. The molecule has 1 unspecified atom stereocenters. The van der Waals surface area contributed by atoms with Gasteiger partial charge in [-0.25, -0.2) is 0 Å². The first-order valence-corrected chi connectivity index (χ1v) is 2.85. The molecule has 1 heterocycles. The molecule has 1 amide bonds. The maximum atomic E-state index is 10.3.